The predicted molar refractivity (Wildman–Crippen MR) is 179 cm³/mol. The van der Waals surface area contributed by atoms with E-state index in [2.05, 4.69) is 60.2 Å². The summed E-state index contributed by atoms with van der Waals surface area (Å²) in [4.78, 5) is 33.3. The number of aromatic carboxylic acids is 1. The molecule has 0 spiro atoms. The number of hydrogen-bond acceptors (Lipinski definition) is 6. The smallest absolute Gasteiger partial charge is 0.339 e. The summed E-state index contributed by atoms with van der Waals surface area (Å²) >= 11 is 0. The number of nitrogens with zero attached hydrogens (tertiary/aromatic N) is 5. The number of hydrogen-bond donors (Lipinski definition) is 2. The number of carboxylic acids is 1. The van der Waals surface area contributed by atoms with Gasteiger partial charge in [-0.25, -0.2) is 14.5 Å². The van der Waals surface area contributed by atoms with Crippen molar-refractivity contribution in [1.29, 1.82) is 0 Å². The second kappa shape index (κ2) is 13.1. The third-order valence-electron chi connectivity index (χ3n) is 9.64. The Morgan fingerprint density at radius 2 is 1.76 bits per heavy atom. The highest BCUT2D eigenvalue weighted by Gasteiger charge is 2.30. The number of pyridine rings is 1. The van der Waals surface area contributed by atoms with Gasteiger partial charge in [0, 0.05) is 37.7 Å². The van der Waals surface area contributed by atoms with Crippen LogP contribution in [0, 0.1) is 0 Å². The lowest BCUT2D eigenvalue weighted by Crippen LogP contribution is -2.42. The molecule has 2 aromatic heterocycles. The van der Waals surface area contributed by atoms with Crippen LogP contribution in [0.3, 0.4) is 0 Å². The number of aryl methyl sites for hydroxylation is 1. The van der Waals surface area contributed by atoms with E-state index in [-0.39, 0.29) is 11.5 Å². The van der Waals surface area contributed by atoms with E-state index in [4.69, 9.17) is 4.98 Å². The molecule has 2 aliphatic rings. The number of piperidine rings is 1. The molecule has 240 valence electrons. The lowest BCUT2D eigenvalue weighted by atomic mass is 9.85. The maximum Gasteiger partial charge on any atom is 0.339 e. The van der Waals surface area contributed by atoms with Gasteiger partial charge in [0.2, 0.25) is 0 Å². The topological polar surface area (TPSA) is 112 Å². The molecule has 2 aromatic carbocycles. The molecule has 1 unspecified atom stereocenters. The van der Waals surface area contributed by atoms with Crippen LogP contribution in [-0.4, -0.2) is 67.5 Å². The Morgan fingerprint density at radius 3 is 2.46 bits per heavy atom. The number of carbonyl (C=O) groups excluding carboxylic acids is 1. The van der Waals surface area contributed by atoms with Crippen molar-refractivity contribution in [2.45, 2.75) is 77.9 Å². The van der Waals surface area contributed by atoms with Crippen molar-refractivity contribution in [3.8, 4) is 17.1 Å². The lowest BCUT2D eigenvalue weighted by molar-refractivity contribution is -0.140. The Morgan fingerprint density at radius 1 is 1.00 bits per heavy atom. The zero-order valence-electron chi connectivity index (χ0n) is 27.1. The number of amides is 1. The number of rotatable bonds is 9. The zero-order valence-corrected chi connectivity index (χ0v) is 27.1. The zero-order chi connectivity index (χ0) is 32.5. The van der Waals surface area contributed by atoms with Crippen molar-refractivity contribution in [3.05, 3.63) is 94.3 Å². The first kappa shape index (κ1) is 31.5. The molecule has 0 aliphatic carbocycles. The molecule has 2 aliphatic heterocycles. The van der Waals surface area contributed by atoms with Crippen molar-refractivity contribution < 1.29 is 19.8 Å². The van der Waals surface area contributed by atoms with E-state index in [0.29, 0.717) is 42.9 Å². The molecule has 1 fully saturated rings. The summed E-state index contributed by atoms with van der Waals surface area (Å²) in [6.07, 6.45) is 3.75. The third kappa shape index (κ3) is 5.91. The fourth-order valence-electron chi connectivity index (χ4n) is 7.32. The molecule has 9 nitrogen and oxygen atoms in total. The van der Waals surface area contributed by atoms with E-state index in [1.807, 2.05) is 25.1 Å². The quantitative estimate of drug-likeness (QED) is 0.237. The molecule has 0 saturated carbocycles. The number of para-hydroxylation sites is 1. The highest BCUT2D eigenvalue weighted by molar-refractivity contribution is 5.89. The molecule has 2 atom stereocenters. The molecule has 9 heteroatoms. The first-order valence-electron chi connectivity index (χ1n) is 16.4. The molecule has 0 bridgehead atoms. The van der Waals surface area contributed by atoms with Crippen LogP contribution in [0.15, 0.2) is 60.8 Å². The number of benzene rings is 2. The largest absolute Gasteiger partial charge is 0.478 e. The van der Waals surface area contributed by atoms with Gasteiger partial charge < -0.3 is 20.0 Å². The monoisotopic (exact) mass is 621 g/mol. The Labute approximate surface area is 270 Å². The van der Waals surface area contributed by atoms with Crippen molar-refractivity contribution in [3.63, 3.8) is 0 Å². The molecule has 1 amide bonds. The van der Waals surface area contributed by atoms with Gasteiger partial charge >= 0.3 is 5.97 Å². The van der Waals surface area contributed by atoms with Gasteiger partial charge in [-0.05, 0) is 72.9 Å². The van der Waals surface area contributed by atoms with Crippen molar-refractivity contribution in [2.75, 3.05) is 24.5 Å². The fraction of sp³-hybridized carbons (Fsp3) is 0.405. The van der Waals surface area contributed by atoms with Crippen LogP contribution in [0.1, 0.15) is 90.7 Å². The molecule has 46 heavy (non-hydrogen) atoms. The van der Waals surface area contributed by atoms with Crippen molar-refractivity contribution in [1.82, 2.24) is 19.7 Å². The molecule has 0 radical (unpaired) electrons. The Balaban J connectivity index is 1.27. The molecule has 4 heterocycles. The first-order chi connectivity index (χ1) is 22.2. The standard InChI is InChI=1S/C37H43N5O4/c1-5-26-19-25(13-14-29(26)27-15-17-40(18-16-27)36(44)24(4)43)22-41-21-23(3)28-9-7-10-30(35(28)41)32-11-8-12-34(39-32)42-33(6-2)31(20-38-42)37(45)46/h7-14,19-20,23-24,27,43H,5-6,15-18,21-22H2,1-4H3,(H,45,46)/t23?,24-/m0/s1. The van der Waals surface area contributed by atoms with Crippen LogP contribution in [0.5, 0.6) is 0 Å². The van der Waals surface area contributed by atoms with Crippen LogP contribution in [-0.2, 0) is 24.2 Å². The van der Waals surface area contributed by atoms with E-state index in [0.717, 1.165) is 43.6 Å². The number of anilines is 1. The summed E-state index contributed by atoms with van der Waals surface area (Å²) in [5, 5.41) is 23.7. The molecule has 1 saturated heterocycles. The first-order valence-corrected chi connectivity index (χ1v) is 16.4. The van der Waals surface area contributed by atoms with Gasteiger partial charge in [-0.2, -0.15) is 5.10 Å². The van der Waals surface area contributed by atoms with Gasteiger partial charge in [0.1, 0.15) is 11.7 Å². The maximum absolute atomic E-state index is 12.3. The second-order valence-electron chi connectivity index (χ2n) is 12.6. The minimum Gasteiger partial charge on any atom is -0.478 e. The minimum absolute atomic E-state index is 0.176. The summed E-state index contributed by atoms with van der Waals surface area (Å²) < 4.78 is 1.64. The van der Waals surface area contributed by atoms with Crippen molar-refractivity contribution in [2.24, 2.45) is 0 Å². The van der Waals surface area contributed by atoms with E-state index < -0.39 is 12.1 Å². The summed E-state index contributed by atoms with van der Waals surface area (Å²) in [5.74, 6) is 0.216. The highest BCUT2D eigenvalue weighted by Crippen LogP contribution is 2.43. The molecular formula is C37H43N5O4. The number of aliphatic hydroxyl groups excluding tert-OH is 1. The van der Waals surface area contributed by atoms with Gasteiger partial charge in [-0.15, -0.1) is 0 Å². The van der Waals surface area contributed by atoms with Gasteiger partial charge in [0.25, 0.3) is 5.91 Å². The van der Waals surface area contributed by atoms with E-state index in [9.17, 15) is 19.8 Å². The van der Waals surface area contributed by atoms with Gasteiger partial charge in [-0.1, -0.05) is 63.2 Å². The van der Waals surface area contributed by atoms with Crippen LogP contribution >= 0.6 is 0 Å². The molecular weight excluding hydrogens is 578 g/mol. The number of carboxylic acid groups (broad SMARTS) is 1. The van der Waals surface area contributed by atoms with Crippen LogP contribution in [0.25, 0.3) is 17.1 Å². The van der Waals surface area contributed by atoms with E-state index in [1.165, 1.54) is 34.1 Å². The normalized spacial score (nSPS) is 17.3. The van der Waals surface area contributed by atoms with Crippen molar-refractivity contribution >= 4 is 17.6 Å². The average Bonchev–Trinajstić information content (AvgIpc) is 3.65. The predicted octanol–water partition coefficient (Wildman–Crippen LogP) is 5.97. The average molecular weight is 622 g/mol. The second-order valence-corrected chi connectivity index (χ2v) is 12.6. The molecule has 4 aromatic rings. The Hall–Kier alpha value is -4.50. The molecule has 2 N–H and O–H groups in total. The summed E-state index contributed by atoms with van der Waals surface area (Å²) in [6.45, 7) is 11.0. The summed E-state index contributed by atoms with van der Waals surface area (Å²) in [6, 6.07) is 19.2. The SMILES string of the molecule is CCc1cc(CN2CC(C)c3cccc(-c4cccc(-n5ncc(C(=O)O)c5CC)n4)c32)ccc1C1CCN(C(=O)[C@H](C)O)CC1. The van der Waals surface area contributed by atoms with E-state index >= 15 is 0 Å². The molecule has 6 rings (SSSR count). The van der Waals surface area contributed by atoms with Gasteiger partial charge in [0.05, 0.1) is 23.3 Å². The van der Waals surface area contributed by atoms with Crippen LogP contribution in [0.4, 0.5) is 5.69 Å². The minimum atomic E-state index is -0.987. The highest BCUT2D eigenvalue weighted by atomic mass is 16.4. The number of aromatic nitrogens is 3. The Bertz CT molecular complexity index is 1750. The van der Waals surface area contributed by atoms with E-state index in [1.54, 1.807) is 16.5 Å². The van der Waals surface area contributed by atoms with Gasteiger partial charge in [0.15, 0.2) is 5.82 Å². The number of aliphatic hydroxyl groups is 1. The fourth-order valence-corrected chi connectivity index (χ4v) is 7.32. The van der Waals surface area contributed by atoms with Gasteiger partial charge in [-0.3, -0.25) is 4.79 Å². The third-order valence-corrected chi connectivity index (χ3v) is 9.64. The van der Waals surface area contributed by atoms with Crippen LogP contribution < -0.4 is 4.90 Å². The maximum atomic E-state index is 12.3. The Kier molecular flexibility index (Phi) is 8.95. The number of likely N-dealkylation sites (tertiary alicyclic amines) is 1. The number of fused-ring (bicyclic) bond motifs is 1. The van der Waals surface area contributed by atoms with Crippen LogP contribution in [0.2, 0.25) is 0 Å². The summed E-state index contributed by atoms with van der Waals surface area (Å²) in [5.41, 5.74) is 9.21. The summed E-state index contributed by atoms with van der Waals surface area (Å²) in [7, 11) is 0. The number of carbonyl (C=O) groups is 2. The lowest BCUT2D eigenvalue weighted by Gasteiger charge is -2.34.